The van der Waals surface area contributed by atoms with Gasteiger partial charge in [-0.1, -0.05) is 11.6 Å². The summed E-state index contributed by atoms with van der Waals surface area (Å²) in [6.07, 6.45) is 0. The van der Waals surface area contributed by atoms with Crippen LogP contribution >= 0.6 is 11.6 Å². The van der Waals surface area contributed by atoms with Crippen molar-refractivity contribution in [2.75, 3.05) is 11.9 Å². The van der Waals surface area contributed by atoms with E-state index >= 15 is 0 Å². The highest BCUT2D eigenvalue weighted by Crippen LogP contribution is 2.24. The zero-order valence-electron chi connectivity index (χ0n) is 14.7. The summed E-state index contributed by atoms with van der Waals surface area (Å²) in [5.74, 6) is -0.251. The number of nitrogens with zero attached hydrogens (tertiary/aromatic N) is 2. The number of halogens is 1. The minimum Gasteiger partial charge on any atom is -0.385 e. The van der Waals surface area contributed by atoms with Crippen molar-refractivity contribution in [2.45, 2.75) is 27.3 Å². The van der Waals surface area contributed by atoms with Gasteiger partial charge in [-0.05, 0) is 38.5 Å². The zero-order chi connectivity index (χ0) is 18.0. The molecule has 0 radical (unpaired) electrons. The minimum atomic E-state index is -0.251. The molecule has 130 valence electrons. The van der Waals surface area contributed by atoms with Crippen LogP contribution in [-0.2, 0) is 20.6 Å². The second-order valence-electron chi connectivity index (χ2n) is 5.76. The standard InChI is InChI=1S/C17H23ClN4O2/c1-6-19-15-8-12(18)7-13(10(15)2)16(23)20-9-14-11(3)21(4)22(5)17(14)24/h7-8,19H,6,9H2,1-5H3,(H,20,23). The number of carbonyl (C=O) groups is 1. The summed E-state index contributed by atoms with van der Waals surface area (Å²) < 4.78 is 3.28. The Morgan fingerprint density at radius 3 is 2.42 bits per heavy atom. The lowest BCUT2D eigenvalue weighted by atomic mass is 10.1. The first-order chi connectivity index (χ1) is 11.3. The van der Waals surface area contributed by atoms with Crippen molar-refractivity contribution in [3.8, 4) is 0 Å². The molecule has 0 aliphatic carbocycles. The van der Waals surface area contributed by atoms with Crippen LogP contribution in [0.3, 0.4) is 0 Å². The Bertz CT molecular complexity index is 836. The van der Waals surface area contributed by atoms with Crippen molar-refractivity contribution in [3.63, 3.8) is 0 Å². The molecule has 0 spiro atoms. The monoisotopic (exact) mass is 350 g/mol. The number of hydrogen-bond donors (Lipinski definition) is 2. The summed E-state index contributed by atoms with van der Waals surface area (Å²) >= 11 is 6.12. The van der Waals surface area contributed by atoms with Crippen LogP contribution in [-0.4, -0.2) is 21.8 Å². The first-order valence-corrected chi connectivity index (χ1v) is 8.19. The third-order valence-electron chi connectivity index (χ3n) is 4.33. The van der Waals surface area contributed by atoms with E-state index in [0.717, 1.165) is 23.5 Å². The Balaban J connectivity index is 2.25. The van der Waals surface area contributed by atoms with Crippen LogP contribution in [0.2, 0.25) is 5.02 Å². The molecule has 6 nitrogen and oxygen atoms in total. The number of nitrogens with one attached hydrogen (secondary N) is 2. The average Bonchev–Trinajstić information content (AvgIpc) is 2.72. The number of anilines is 1. The molecule has 0 saturated heterocycles. The van der Waals surface area contributed by atoms with Crippen molar-refractivity contribution in [1.82, 2.24) is 14.7 Å². The summed E-state index contributed by atoms with van der Waals surface area (Å²) in [4.78, 5) is 24.7. The van der Waals surface area contributed by atoms with E-state index in [2.05, 4.69) is 10.6 Å². The fourth-order valence-corrected chi connectivity index (χ4v) is 2.88. The molecule has 1 aromatic carbocycles. The van der Waals surface area contributed by atoms with Gasteiger partial charge in [0.2, 0.25) is 0 Å². The Morgan fingerprint density at radius 2 is 1.88 bits per heavy atom. The maximum Gasteiger partial charge on any atom is 0.271 e. The number of hydrogen-bond acceptors (Lipinski definition) is 3. The Kier molecular flexibility index (Phi) is 5.39. The van der Waals surface area contributed by atoms with Crippen LogP contribution in [0.15, 0.2) is 16.9 Å². The highest BCUT2D eigenvalue weighted by molar-refractivity contribution is 6.31. The van der Waals surface area contributed by atoms with Crippen LogP contribution in [0.1, 0.15) is 34.1 Å². The molecule has 1 aromatic heterocycles. The summed E-state index contributed by atoms with van der Waals surface area (Å²) in [6.45, 7) is 6.63. The van der Waals surface area contributed by atoms with E-state index in [1.54, 1.807) is 23.9 Å². The van der Waals surface area contributed by atoms with E-state index in [1.807, 2.05) is 27.8 Å². The van der Waals surface area contributed by atoms with Gasteiger partial charge >= 0.3 is 0 Å². The summed E-state index contributed by atoms with van der Waals surface area (Å²) in [5, 5.41) is 6.51. The lowest BCUT2D eigenvalue weighted by Crippen LogP contribution is -2.27. The highest BCUT2D eigenvalue weighted by Gasteiger charge is 2.16. The highest BCUT2D eigenvalue weighted by atomic mass is 35.5. The smallest absolute Gasteiger partial charge is 0.271 e. The summed E-state index contributed by atoms with van der Waals surface area (Å²) in [5.41, 5.74) is 3.48. The number of carbonyl (C=O) groups excluding carboxylic acids is 1. The third kappa shape index (κ3) is 3.33. The van der Waals surface area contributed by atoms with E-state index < -0.39 is 0 Å². The predicted octanol–water partition coefficient (Wildman–Crippen LogP) is 2.36. The Morgan fingerprint density at radius 1 is 1.21 bits per heavy atom. The van der Waals surface area contributed by atoms with Gasteiger partial charge in [0.25, 0.3) is 11.5 Å². The molecule has 7 heteroatoms. The van der Waals surface area contributed by atoms with Gasteiger partial charge in [0, 0.05) is 42.6 Å². The molecule has 0 atom stereocenters. The Hall–Kier alpha value is -2.21. The lowest BCUT2D eigenvalue weighted by Gasteiger charge is -2.13. The molecule has 24 heavy (non-hydrogen) atoms. The molecule has 1 amide bonds. The van der Waals surface area contributed by atoms with Crippen molar-refractivity contribution in [2.24, 2.45) is 14.1 Å². The van der Waals surface area contributed by atoms with Crippen molar-refractivity contribution in [3.05, 3.63) is 49.9 Å². The van der Waals surface area contributed by atoms with Crippen molar-refractivity contribution < 1.29 is 4.79 Å². The number of amides is 1. The normalized spacial score (nSPS) is 10.8. The third-order valence-corrected chi connectivity index (χ3v) is 4.55. The molecule has 0 aliphatic rings. The number of benzene rings is 1. The molecular weight excluding hydrogens is 328 g/mol. The first kappa shape index (κ1) is 18.1. The number of aromatic nitrogens is 2. The van der Waals surface area contributed by atoms with Gasteiger partial charge < -0.3 is 10.6 Å². The van der Waals surface area contributed by atoms with Gasteiger partial charge in [0.15, 0.2) is 0 Å². The van der Waals surface area contributed by atoms with Gasteiger partial charge in [-0.2, -0.15) is 0 Å². The lowest BCUT2D eigenvalue weighted by molar-refractivity contribution is 0.0950. The SMILES string of the molecule is CCNc1cc(Cl)cc(C(=O)NCc2c(C)n(C)n(C)c2=O)c1C. The molecule has 1 heterocycles. The molecule has 0 bridgehead atoms. The van der Waals surface area contributed by atoms with Crippen LogP contribution < -0.4 is 16.2 Å². The number of rotatable bonds is 5. The van der Waals surface area contributed by atoms with E-state index in [4.69, 9.17) is 11.6 Å². The van der Waals surface area contributed by atoms with Gasteiger partial charge in [-0.15, -0.1) is 0 Å². The molecule has 0 aliphatic heterocycles. The maximum absolute atomic E-state index is 12.5. The predicted molar refractivity (Wildman–Crippen MR) is 96.9 cm³/mol. The van der Waals surface area contributed by atoms with Crippen LogP contribution in [0.25, 0.3) is 0 Å². The molecule has 2 rings (SSSR count). The zero-order valence-corrected chi connectivity index (χ0v) is 15.4. The van der Waals surface area contributed by atoms with Crippen molar-refractivity contribution in [1.29, 1.82) is 0 Å². The first-order valence-electron chi connectivity index (χ1n) is 7.81. The van der Waals surface area contributed by atoms with E-state index in [-0.39, 0.29) is 18.0 Å². The maximum atomic E-state index is 12.5. The minimum absolute atomic E-state index is 0.105. The van der Waals surface area contributed by atoms with Crippen LogP contribution in [0.4, 0.5) is 5.69 Å². The van der Waals surface area contributed by atoms with Gasteiger partial charge in [0.05, 0.1) is 12.1 Å². The molecule has 0 saturated carbocycles. The van der Waals surface area contributed by atoms with Crippen LogP contribution in [0, 0.1) is 13.8 Å². The topological polar surface area (TPSA) is 68.1 Å². The molecular formula is C17H23ClN4O2. The summed E-state index contributed by atoms with van der Waals surface area (Å²) in [6, 6.07) is 3.44. The van der Waals surface area contributed by atoms with Crippen LogP contribution in [0.5, 0.6) is 0 Å². The van der Waals surface area contributed by atoms with Crippen molar-refractivity contribution >= 4 is 23.2 Å². The van der Waals surface area contributed by atoms with Gasteiger partial charge in [-0.3, -0.25) is 19.0 Å². The average molecular weight is 351 g/mol. The fraction of sp³-hybridized carbons (Fsp3) is 0.412. The molecule has 2 N–H and O–H groups in total. The summed E-state index contributed by atoms with van der Waals surface area (Å²) in [7, 11) is 3.51. The second kappa shape index (κ2) is 7.13. The second-order valence-corrected chi connectivity index (χ2v) is 6.19. The van der Waals surface area contributed by atoms with E-state index in [0.29, 0.717) is 16.1 Å². The van der Waals surface area contributed by atoms with E-state index in [9.17, 15) is 9.59 Å². The van der Waals surface area contributed by atoms with Gasteiger partial charge in [-0.25, -0.2) is 0 Å². The van der Waals surface area contributed by atoms with E-state index in [1.165, 1.54) is 4.68 Å². The molecule has 2 aromatic rings. The van der Waals surface area contributed by atoms with Gasteiger partial charge in [0.1, 0.15) is 0 Å². The quantitative estimate of drug-likeness (QED) is 0.869. The molecule has 0 unspecified atom stereocenters. The fourth-order valence-electron chi connectivity index (χ4n) is 2.66. The molecule has 0 fully saturated rings. The largest absolute Gasteiger partial charge is 0.385 e. The Labute approximate surface area is 146 Å².